The smallest absolute Gasteiger partial charge is 0.259 e. The van der Waals surface area contributed by atoms with Gasteiger partial charge in [0, 0.05) is 40.7 Å². The molecule has 3 aromatic carbocycles. The van der Waals surface area contributed by atoms with Gasteiger partial charge in [-0.05, 0) is 19.2 Å². The highest BCUT2D eigenvalue weighted by molar-refractivity contribution is 6.39. The van der Waals surface area contributed by atoms with Gasteiger partial charge in [0.05, 0.1) is 27.7 Å². The number of methoxy groups -OCH3 is 1. The normalized spacial score (nSPS) is 25.6. The number of fused-ring (bicyclic) bond motifs is 10. The number of nitrogens with zero attached hydrogens (tertiary/aromatic N) is 1. The van der Waals surface area contributed by atoms with Gasteiger partial charge in [-0.3, -0.25) is 14.9 Å². The number of nitrogens with one attached hydrogen (secondary N) is 3. The van der Waals surface area contributed by atoms with Crippen LogP contribution in [0.4, 0.5) is 0 Å². The summed E-state index contributed by atoms with van der Waals surface area (Å²) in [6, 6.07) is 15.1. The van der Waals surface area contributed by atoms with Crippen molar-refractivity contribution in [1.82, 2.24) is 20.2 Å². The number of aromatic amines is 1. The third-order valence-electron chi connectivity index (χ3n) is 7.88. The maximum atomic E-state index is 13.3. The highest BCUT2D eigenvalue weighted by atomic mass is 16.6. The van der Waals surface area contributed by atoms with E-state index >= 15 is 0 Å². The Hall–Kier alpha value is -3.80. The summed E-state index contributed by atoms with van der Waals surface area (Å²) >= 11 is 0. The van der Waals surface area contributed by atoms with Gasteiger partial charge in [-0.15, -0.1) is 0 Å². The molecule has 0 spiro atoms. The molecule has 7 rings (SSSR count). The van der Waals surface area contributed by atoms with Gasteiger partial charge in [0.25, 0.3) is 11.8 Å². The molecule has 2 aliphatic rings. The Balaban J connectivity index is 1.65. The molecule has 2 aliphatic heterocycles. The lowest BCUT2D eigenvalue weighted by atomic mass is 9.96. The van der Waals surface area contributed by atoms with Gasteiger partial charge in [0.15, 0.2) is 6.23 Å². The van der Waals surface area contributed by atoms with Crippen LogP contribution in [0.1, 0.15) is 26.9 Å². The van der Waals surface area contributed by atoms with Gasteiger partial charge < -0.3 is 34.6 Å². The van der Waals surface area contributed by atoms with E-state index in [2.05, 4.69) is 15.6 Å². The van der Waals surface area contributed by atoms with E-state index in [9.17, 15) is 19.8 Å². The number of aromatic nitrogens is 2. The number of carbonyl (C=O) groups is 2. The van der Waals surface area contributed by atoms with E-state index in [1.165, 1.54) is 7.11 Å². The Morgan fingerprint density at radius 2 is 1.66 bits per heavy atom. The van der Waals surface area contributed by atoms with Gasteiger partial charge in [0.2, 0.25) is 0 Å². The summed E-state index contributed by atoms with van der Waals surface area (Å²) in [5.74, 6) is -0.914. The van der Waals surface area contributed by atoms with Crippen LogP contribution in [0.3, 0.4) is 0 Å². The SMILES string of the molecule is CNC[C@@H]1O[C@@H](n2c3ccccc3c3c4c(c5c6ccccc6[nH]c5c32)C(=O)NC4=O)[C@@H](O)[C@H](O)[C@@H]1OC. The number of hydrogen-bond donors (Lipinski definition) is 5. The first-order chi connectivity index (χ1) is 18.5. The summed E-state index contributed by atoms with van der Waals surface area (Å²) in [4.78, 5) is 29.8. The molecular formula is C28H26N4O6. The van der Waals surface area contributed by atoms with E-state index in [1.807, 2.05) is 53.1 Å². The molecule has 0 bridgehead atoms. The topological polar surface area (TPSA) is 138 Å². The molecule has 2 aromatic heterocycles. The molecule has 5 N–H and O–H groups in total. The zero-order chi connectivity index (χ0) is 26.3. The molecule has 38 heavy (non-hydrogen) atoms. The minimum Gasteiger partial charge on any atom is -0.387 e. The fraction of sp³-hybridized carbons (Fsp3) is 0.286. The van der Waals surface area contributed by atoms with Crippen molar-refractivity contribution in [2.75, 3.05) is 20.7 Å². The molecule has 4 heterocycles. The molecule has 1 fully saturated rings. The molecule has 1 saturated heterocycles. The number of hydrogen-bond acceptors (Lipinski definition) is 7. The van der Waals surface area contributed by atoms with E-state index in [0.29, 0.717) is 45.0 Å². The predicted molar refractivity (Wildman–Crippen MR) is 141 cm³/mol. The van der Waals surface area contributed by atoms with Crippen LogP contribution in [0.25, 0.3) is 43.6 Å². The van der Waals surface area contributed by atoms with Crippen molar-refractivity contribution in [3.05, 3.63) is 59.7 Å². The Bertz CT molecular complexity index is 1790. The van der Waals surface area contributed by atoms with Crippen LogP contribution in [-0.4, -0.2) is 76.7 Å². The second-order valence-electron chi connectivity index (χ2n) is 9.87. The predicted octanol–water partition coefficient (Wildman–Crippen LogP) is 2.17. The van der Waals surface area contributed by atoms with Gasteiger partial charge in [-0.25, -0.2) is 0 Å². The standard InChI is InChI=1S/C28H26N4O6/c1-29-11-16-25(37-2)23(33)24(34)28(38-16)32-15-10-6-4-8-13(15)18-20-19(26(35)31-27(20)36)17-12-7-3-5-9-14(12)30-21(17)22(18)32/h3-10,16,23-25,28-30,33-34H,11H2,1-2H3,(H,31,35,36)/t16-,23-,24-,25+,28+/m0/s1. The van der Waals surface area contributed by atoms with Crippen molar-refractivity contribution in [2.45, 2.75) is 30.6 Å². The van der Waals surface area contributed by atoms with Crippen LogP contribution < -0.4 is 10.6 Å². The second kappa shape index (κ2) is 8.35. The molecule has 5 atom stereocenters. The summed E-state index contributed by atoms with van der Waals surface area (Å²) in [6.45, 7) is 0.379. The van der Waals surface area contributed by atoms with E-state index < -0.39 is 42.5 Å². The fourth-order valence-electron chi connectivity index (χ4n) is 6.33. The van der Waals surface area contributed by atoms with Crippen molar-refractivity contribution < 1.29 is 29.3 Å². The van der Waals surface area contributed by atoms with Crippen molar-refractivity contribution >= 4 is 55.4 Å². The lowest BCUT2D eigenvalue weighted by molar-refractivity contribution is -0.247. The number of imide groups is 1. The Labute approximate surface area is 216 Å². The van der Waals surface area contributed by atoms with Crippen LogP contribution in [0.5, 0.6) is 0 Å². The molecule has 194 valence electrons. The number of aliphatic hydroxyl groups excluding tert-OH is 2. The minimum atomic E-state index is -1.34. The first-order valence-electron chi connectivity index (χ1n) is 12.5. The largest absolute Gasteiger partial charge is 0.387 e. The number of ether oxygens (including phenoxy) is 2. The zero-order valence-electron chi connectivity index (χ0n) is 20.7. The van der Waals surface area contributed by atoms with Gasteiger partial charge in [-0.1, -0.05) is 36.4 Å². The lowest BCUT2D eigenvalue weighted by Gasteiger charge is -2.43. The molecule has 2 amide bonds. The van der Waals surface area contributed by atoms with Crippen LogP contribution >= 0.6 is 0 Å². The van der Waals surface area contributed by atoms with Crippen molar-refractivity contribution in [2.24, 2.45) is 0 Å². The fourth-order valence-corrected chi connectivity index (χ4v) is 6.33. The van der Waals surface area contributed by atoms with Crippen LogP contribution in [0.15, 0.2) is 48.5 Å². The Morgan fingerprint density at radius 3 is 2.39 bits per heavy atom. The molecule has 10 nitrogen and oxygen atoms in total. The number of likely N-dealkylation sites (N-methyl/N-ethyl adjacent to an activating group) is 1. The molecule has 5 aromatic rings. The number of para-hydroxylation sites is 2. The Kier molecular flexibility index (Phi) is 5.13. The zero-order valence-corrected chi connectivity index (χ0v) is 20.7. The highest BCUT2D eigenvalue weighted by Crippen LogP contribution is 2.46. The van der Waals surface area contributed by atoms with E-state index in [0.717, 1.165) is 16.3 Å². The van der Waals surface area contributed by atoms with Gasteiger partial charge >= 0.3 is 0 Å². The van der Waals surface area contributed by atoms with Crippen LogP contribution in [-0.2, 0) is 9.47 Å². The Morgan fingerprint density at radius 1 is 0.974 bits per heavy atom. The third-order valence-corrected chi connectivity index (χ3v) is 7.88. The molecule has 0 saturated carbocycles. The molecule has 0 aliphatic carbocycles. The number of benzene rings is 3. The lowest BCUT2D eigenvalue weighted by Crippen LogP contribution is -2.58. The number of carbonyl (C=O) groups excluding carboxylic acids is 2. The molecule has 0 radical (unpaired) electrons. The highest BCUT2D eigenvalue weighted by Gasteiger charge is 2.47. The number of amides is 2. The van der Waals surface area contributed by atoms with Crippen molar-refractivity contribution in [1.29, 1.82) is 0 Å². The maximum absolute atomic E-state index is 13.3. The minimum absolute atomic E-state index is 0.296. The monoisotopic (exact) mass is 514 g/mol. The molecular weight excluding hydrogens is 488 g/mol. The van der Waals surface area contributed by atoms with E-state index in [1.54, 1.807) is 7.05 Å². The summed E-state index contributed by atoms with van der Waals surface area (Å²) in [6.07, 6.45) is -4.89. The number of aliphatic hydroxyl groups is 2. The van der Waals surface area contributed by atoms with Crippen LogP contribution in [0, 0.1) is 0 Å². The summed E-state index contributed by atoms with van der Waals surface area (Å²) in [7, 11) is 3.25. The van der Waals surface area contributed by atoms with Crippen molar-refractivity contribution in [3.63, 3.8) is 0 Å². The average Bonchev–Trinajstić information content (AvgIpc) is 3.55. The van der Waals surface area contributed by atoms with Crippen LogP contribution in [0.2, 0.25) is 0 Å². The molecule has 10 heteroatoms. The van der Waals surface area contributed by atoms with E-state index in [4.69, 9.17) is 9.47 Å². The third kappa shape index (κ3) is 2.94. The first kappa shape index (κ1) is 23.3. The van der Waals surface area contributed by atoms with Crippen molar-refractivity contribution in [3.8, 4) is 0 Å². The summed E-state index contributed by atoms with van der Waals surface area (Å²) < 4.78 is 13.8. The summed E-state index contributed by atoms with van der Waals surface area (Å²) in [5.41, 5.74) is 3.37. The van der Waals surface area contributed by atoms with Gasteiger partial charge in [0.1, 0.15) is 24.4 Å². The quantitative estimate of drug-likeness (QED) is 0.232. The maximum Gasteiger partial charge on any atom is 0.259 e. The summed E-state index contributed by atoms with van der Waals surface area (Å²) in [5, 5.41) is 30.8. The number of rotatable bonds is 4. The molecule has 0 unspecified atom stereocenters. The first-order valence-corrected chi connectivity index (χ1v) is 12.5. The van der Waals surface area contributed by atoms with E-state index in [-0.39, 0.29) is 0 Å². The average molecular weight is 515 g/mol. The second-order valence-corrected chi connectivity index (χ2v) is 9.87. The number of H-pyrrole nitrogens is 1. The van der Waals surface area contributed by atoms with Gasteiger partial charge in [-0.2, -0.15) is 0 Å².